The van der Waals surface area contributed by atoms with Crippen molar-refractivity contribution in [3.63, 3.8) is 0 Å². The van der Waals surface area contributed by atoms with Gasteiger partial charge in [-0.3, -0.25) is 23.9 Å². The number of aromatic nitrogens is 2. The van der Waals surface area contributed by atoms with Crippen molar-refractivity contribution in [3.8, 4) is 5.69 Å². The maximum Gasteiger partial charge on any atom is 0.307 e. The third kappa shape index (κ3) is 6.00. The molecule has 4 fully saturated rings. The first-order valence-corrected chi connectivity index (χ1v) is 22.0. The number of esters is 1. The van der Waals surface area contributed by atoms with Gasteiger partial charge < -0.3 is 16.2 Å². The number of amides is 1. The second kappa shape index (κ2) is 14.0. The number of ether oxygens (including phenoxy) is 1. The van der Waals surface area contributed by atoms with Crippen molar-refractivity contribution in [1.82, 2.24) is 9.36 Å². The number of fused-ring (bicyclic) bond motifs is 7. The topological polar surface area (TPSA) is 139 Å². The first-order chi connectivity index (χ1) is 26.5. The molecule has 0 aliphatic heterocycles. The van der Waals surface area contributed by atoms with Crippen LogP contribution >= 0.6 is 11.6 Å². The molecule has 0 radical (unpaired) electrons. The molecule has 10 heteroatoms. The van der Waals surface area contributed by atoms with E-state index >= 15 is 0 Å². The van der Waals surface area contributed by atoms with E-state index in [9.17, 15) is 19.2 Å². The summed E-state index contributed by atoms with van der Waals surface area (Å²) in [6, 6.07) is 7.39. The Labute approximate surface area is 344 Å². The Hall–Kier alpha value is -3.17. The van der Waals surface area contributed by atoms with Crippen molar-refractivity contribution in [2.75, 3.05) is 6.54 Å². The smallest absolute Gasteiger partial charge is 0.307 e. The Bertz CT molecular complexity index is 2080. The second-order valence-corrected chi connectivity index (χ2v) is 21.5. The van der Waals surface area contributed by atoms with Gasteiger partial charge in [0.1, 0.15) is 6.10 Å². The normalized spacial score (nSPS) is 34.7. The van der Waals surface area contributed by atoms with Gasteiger partial charge in [-0.25, -0.2) is 4.68 Å². The summed E-state index contributed by atoms with van der Waals surface area (Å²) in [5.41, 5.74) is 14.8. The number of allylic oxidation sites excluding steroid dienone is 2. The van der Waals surface area contributed by atoms with Gasteiger partial charge in [-0.05, 0) is 134 Å². The molecule has 5 aliphatic carbocycles. The average molecular weight is 804 g/mol. The summed E-state index contributed by atoms with van der Waals surface area (Å²) in [6.45, 7) is 22.7. The third-order valence-electron chi connectivity index (χ3n) is 17.1. The lowest BCUT2D eigenvalue weighted by molar-refractivity contribution is -0.232. The highest BCUT2D eigenvalue weighted by atomic mass is 35.5. The zero-order valence-corrected chi connectivity index (χ0v) is 36.9. The van der Waals surface area contributed by atoms with Crippen LogP contribution in [-0.2, 0) is 31.1 Å². The quantitative estimate of drug-likeness (QED) is 0.244. The number of hydrogen-bond acceptors (Lipinski definition) is 6. The van der Waals surface area contributed by atoms with E-state index in [0.717, 1.165) is 68.3 Å². The van der Waals surface area contributed by atoms with Crippen molar-refractivity contribution in [2.24, 2.45) is 62.2 Å². The van der Waals surface area contributed by atoms with Crippen LogP contribution in [0.1, 0.15) is 138 Å². The molecule has 5 aliphatic rings. The van der Waals surface area contributed by atoms with Gasteiger partial charge in [0.05, 0.1) is 29.8 Å². The van der Waals surface area contributed by atoms with Crippen LogP contribution in [0.2, 0.25) is 5.02 Å². The highest BCUT2D eigenvalue weighted by molar-refractivity contribution is 6.30. The SMILES string of the molecule is Cc1c([C@@]23CC[C@]4(C)[C@H](CC[C@@H]5[C@@]6(C)CC[C@H](OC(=O)CC(C)(C)C(N)=O)C(C)(C)[C@@H]6CC[C@]54C)C2=C(C(C)C)C(=O)C3)n(CCN)n(-c2ccc(Cl)cc2)c1=O. The lowest BCUT2D eigenvalue weighted by Gasteiger charge is -2.72. The van der Waals surface area contributed by atoms with Crippen LogP contribution in [0, 0.1) is 57.7 Å². The molecule has 57 heavy (non-hydrogen) atoms. The predicted molar refractivity (Wildman–Crippen MR) is 225 cm³/mol. The van der Waals surface area contributed by atoms with E-state index in [0.29, 0.717) is 41.9 Å². The van der Waals surface area contributed by atoms with E-state index < -0.39 is 16.7 Å². The first kappa shape index (κ1) is 42.0. The molecule has 2 aromatic rings. The molecule has 8 atom stereocenters. The summed E-state index contributed by atoms with van der Waals surface area (Å²) >= 11 is 6.29. The monoisotopic (exact) mass is 802 g/mol. The Morgan fingerprint density at radius 1 is 0.930 bits per heavy atom. The van der Waals surface area contributed by atoms with Crippen LogP contribution in [0.4, 0.5) is 0 Å². The van der Waals surface area contributed by atoms with Crippen LogP contribution in [0.15, 0.2) is 40.2 Å². The van der Waals surface area contributed by atoms with Crippen LogP contribution in [0.3, 0.4) is 0 Å². The van der Waals surface area contributed by atoms with E-state index in [-0.39, 0.29) is 63.3 Å². The number of primary amides is 1. The summed E-state index contributed by atoms with van der Waals surface area (Å²) in [7, 11) is 0. The summed E-state index contributed by atoms with van der Waals surface area (Å²) in [5.74, 6) is 0.473. The van der Waals surface area contributed by atoms with E-state index in [4.69, 9.17) is 27.8 Å². The zero-order chi connectivity index (χ0) is 41.8. The zero-order valence-electron chi connectivity index (χ0n) is 36.1. The summed E-state index contributed by atoms with van der Waals surface area (Å²) in [5, 5.41) is 0.604. The van der Waals surface area contributed by atoms with Crippen molar-refractivity contribution < 1.29 is 19.1 Å². The standard InChI is InChI=1S/C47H67ClN4O5/c1-27(2)37-32(53)25-47(39-28(3)40(55)52(51(39)24-23-49)30-13-11-29(48)12-14-30)22-21-45(9)31(38(37)47)15-16-34-44(8)19-18-35(57-36(54)26-42(4,5)41(50)56)43(6,7)33(44)17-20-46(34,45)10/h11-14,27,31,33-35H,15-26,49H2,1-10H3,(H2,50,56)/t31-,33+,34-,35+,44+,45-,46-,47-/m1/s1. The summed E-state index contributed by atoms with van der Waals surface area (Å²) in [6.07, 6.45) is 7.85. The molecule has 1 amide bonds. The highest BCUT2D eigenvalue weighted by Gasteiger charge is 2.70. The summed E-state index contributed by atoms with van der Waals surface area (Å²) < 4.78 is 10.1. The van der Waals surface area contributed by atoms with Crippen LogP contribution in [0.5, 0.6) is 0 Å². The molecular formula is C47H67ClN4O5. The maximum atomic E-state index is 14.6. The number of Topliss-reactive ketones (excluding diaryl/α,β-unsaturated/α-hetero) is 1. The molecule has 0 saturated heterocycles. The third-order valence-corrected chi connectivity index (χ3v) is 17.4. The van der Waals surface area contributed by atoms with Crippen molar-refractivity contribution in [1.29, 1.82) is 0 Å². The number of carbonyl (C=O) groups is 3. The second-order valence-electron chi connectivity index (χ2n) is 21.0. The Balaban J connectivity index is 1.28. The minimum atomic E-state index is -0.959. The largest absolute Gasteiger partial charge is 0.462 e. The number of nitrogens with zero attached hydrogens (tertiary/aromatic N) is 2. The van der Waals surface area contributed by atoms with Crippen LogP contribution in [0.25, 0.3) is 5.69 Å². The van der Waals surface area contributed by atoms with Gasteiger partial charge in [0.25, 0.3) is 5.56 Å². The molecule has 7 rings (SSSR count). The van der Waals surface area contributed by atoms with Gasteiger partial charge in [-0.2, -0.15) is 0 Å². The van der Waals surface area contributed by atoms with Gasteiger partial charge in [-0.15, -0.1) is 0 Å². The number of benzene rings is 1. The minimum absolute atomic E-state index is 0.0143. The Kier molecular flexibility index (Phi) is 10.3. The van der Waals surface area contributed by atoms with Gasteiger partial charge in [-0.1, -0.05) is 73.9 Å². The van der Waals surface area contributed by atoms with Crippen molar-refractivity contribution in [3.05, 3.63) is 62.0 Å². The lowest BCUT2D eigenvalue weighted by atomic mass is 9.33. The molecule has 9 nitrogen and oxygen atoms in total. The molecule has 0 spiro atoms. The molecule has 4 saturated carbocycles. The number of hydrogen-bond donors (Lipinski definition) is 2. The molecule has 1 aromatic heterocycles. The average Bonchev–Trinajstić information content (AvgIpc) is 3.56. The molecule has 312 valence electrons. The highest BCUT2D eigenvalue weighted by Crippen LogP contribution is 2.77. The van der Waals surface area contributed by atoms with Gasteiger partial charge in [0.2, 0.25) is 5.91 Å². The lowest BCUT2D eigenvalue weighted by Crippen LogP contribution is -2.66. The molecule has 0 bridgehead atoms. The molecule has 0 unspecified atom stereocenters. The Morgan fingerprint density at radius 2 is 1.60 bits per heavy atom. The molecular weight excluding hydrogens is 736 g/mol. The van der Waals surface area contributed by atoms with E-state index in [2.05, 4.69) is 53.1 Å². The first-order valence-electron chi connectivity index (χ1n) is 21.6. The number of ketones is 1. The number of halogens is 1. The van der Waals surface area contributed by atoms with Crippen LogP contribution in [-0.4, -0.2) is 39.7 Å². The fraction of sp³-hybridized carbons (Fsp3) is 0.702. The van der Waals surface area contributed by atoms with Gasteiger partial charge in [0, 0.05) is 34.4 Å². The van der Waals surface area contributed by atoms with Crippen LogP contribution < -0.4 is 17.0 Å². The number of carbonyl (C=O) groups excluding carboxylic acids is 3. The van der Waals surface area contributed by atoms with E-state index in [1.807, 2.05) is 31.2 Å². The Morgan fingerprint density at radius 3 is 2.21 bits per heavy atom. The van der Waals surface area contributed by atoms with Crippen molar-refractivity contribution in [2.45, 2.75) is 152 Å². The van der Waals surface area contributed by atoms with E-state index in [1.165, 1.54) is 5.57 Å². The molecule has 4 N–H and O–H groups in total. The van der Waals surface area contributed by atoms with Gasteiger partial charge in [0.15, 0.2) is 5.78 Å². The number of nitrogens with two attached hydrogens (primary N) is 2. The summed E-state index contributed by atoms with van der Waals surface area (Å²) in [4.78, 5) is 54.2. The van der Waals surface area contributed by atoms with E-state index in [1.54, 1.807) is 18.5 Å². The number of rotatable bonds is 9. The fourth-order valence-corrected chi connectivity index (χ4v) is 14.3. The van der Waals surface area contributed by atoms with Gasteiger partial charge >= 0.3 is 5.97 Å². The fourth-order valence-electron chi connectivity index (χ4n) is 14.2. The maximum absolute atomic E-state index is 14.6. The molecule has 1 aromatic carbocycles. The minimum Gasteiger partial charge on any atom is -0.462 e. The predicted octanol–water partition coefficient (Wildman–Crippen LogP) is 8.61. The molecule has 1 heterocycles. The van der Waals surface area contributed by atoms with Crippen molar-refractivity contribution >= 4 is 29.3 Å².